The van der Waals surface area contributed by atoms with Gasteiger partial charge in [0.2, 0.25) is 5.89 Å². The third-order valence-electron chi connectivity index (χ3n) is 4.65. The lowest BCUT2D eigenvalue weighted by Gasteiger charge is -2.39. The van der Waals surface area contributed by atoms with E-state index < -0.39 is 0 Å². The molecule has 1 fully saturated rings. The molecule has 1 saturated heterocycles. The molecule has 5 nitrogen and oxygen atoms in total. The number of benzene rings is 1. The molecule has 0 amide bonds. The predicted octanol–water partition coefficient (Wildman–Crippen LogP) is 3.09. The van der Waals surface area contributed by atoms with Gasteiger partial charge in [0.05, 0.1) is 26.5 Å². The lowest BCUT2D eigenvalue weighted by Crippen LogP contribution is -2.46. The molecule has 2 heterocycles. The highest BCUT2D eigenvalue weighted by molar-refractivity contribution is 5.57. The summed E-state index contributed by atoms with van der Waals surface area (Å²) in [6.45, 7) is 3.04. The van der Waals surface area contributed by atoms with Crippen molar-refractivity contribution in [3.8, 4) is 17.1 Å². The summed E-state index contributed by atoms with van der Waals surface area (Å²) in [4.78, 5) is 6.71. The molecule has 1 aliphatic heterocycles. The maximum absolute atomic E-state index is 9.59. The van der Waals surface area contributed by atoms with Crippen molar-refractivity contribution in [1.29, 1.82) is 0 Å². The topological polar surface area (TPSA) is 58.7 Å². The van der Waals surface area contributed by atoms with Crippen LogP contribution in [0.3, 0.4) is 0 Å². The van der Waals surface area contributed by atoms with Gasteiger partial charge in [0.15, 0.2) is 5.76 Å². The Morgan fingerprint density at radius 2 is 2.09 bits per heavy atom. The fourth-order valence-corrected chi connectivity index (χ4v) is 3.25. The first-order chi connectivity index (χ1) is 11.2. The van der Waals surface area contributed by atoms with E-state index >= 15 is 0 Å². The molecule has 0 radical (unpaired) electrons. The summed E-state index contributed by atoms with van der Waals surface area (Å²) in [5.74, 6) is 2.28. The second-order valence-electron chi connectivity index (χ2n) is 6.14. The predicted molar refractivity (Wildman–Crippen MR) is 88.2 cm³/mol. The van der Waals surface area contributed by atoms with Crippen LogP contribution in [0.4, 0.5) is 0 Å². The minimum absolute atomic E-state index is 0.191. The van der Waals surface area contributed by atoms with Crippen LogP contribution >= 0.6 is 0 Å². The zero-order valence-electron chi connectivity index (χ0n) is 13.7. The molecular weight excluding hydrogens is 292 g/mol. The van der Waals surface area contributed by atoms with E-state index in [9.17, 15) is 5.11 Å². The Kier molecular flexibility index (Phi) is 4.98. The molecule has 23 heavy (non-hydrogen) atoms. The van der Waals surface area contributed by atoms with Crippen molar-refractivity contribution in [3.05, 3.63) is 36.4 Å². The second-order valence-corrected chi connectivity index (χ2v) is 6.14. The number of hydrogen-bond acceptors (Lipinski definition) is 5. The Morgan fingerprint density at radius 1 is 1.30 bits per heavy atom. The number of aromatic nitrogens is 1. The molecule has 5 heteroatoms. The normalized spacial score (nSPS) is 22.2. The molecule has 3 rings (SSSR count). The van der Waals surface area contributed by atoms with Gasteiger partial charge in [-0.25, -0.2) is 4.98 Å². The van der Waals surface area contributed by atoms with Crippen molar-refractivity contribution in [2.75, 3.05) is 13.7 Å². The van der Waals surface area contributed by atoms with Gasteiger partial charge in [0.1, 0.15) is 5.75 Å². The second kappa shape index (κ2) is 7.15. The van der Waals surface area contributed by atoms with E-state index in [0.717, 1.165) is 29.9 Å². The Labute approximate surface area is 136 Å². The van der Waals surface area contributed by atoms with Gasteiger partial charge in [-0.05, 0) is 44.0 Å². The molecule has 1 aliphatic rings. The number of rotatable bonds is 5. The Hall–Kier alpha value is -1.85. The van der Waals surface area contributed by atoms with Crippen molar-refractivity contribution in [3.63, 3.8) is 0 Å². The number of piperidine rings is 1. The number of methoxy groups -OCH3 is 1. The average molecular weight is 316 g/mol. The lowest BCUT2D eigenvalue weighted by atomic mass is 9.97. The minimum Gasteiger partial charge on any atom is -0.497 e. The van der Waals surface area contributed by atoms with Crippen LogP contribution < -0.4 is 4.74 Å². The number of aliphatic hydroxyl groups excluding tert-OH is 1. The van der Waals surface area contributed by atoms with Crippen molar-refractivity contribution in [1.82, 2.24) is 9.88 Å². The van der Waals surface area contributed by atoms with Crippen LogP contribution in [-0.4, -0.2) is 40.8 Å². The zero-order valence-corrected chi connectivity index (χ0v) is 13.7. The number of nitrogens with zero attached hydrogens (tertiary/aromatic N) is 2. The largest absolute Gasteiger partial charge is 0.497 e. The summed E-state index contributed by atoms with van der Waals surface area (Å²) in [6, 6.07) is 8.39. The number of likely N-dealkylation sites (tertiary alicyclic amines) is 1. The number of aliphatic hydroxyl groups is 1. The molecule has 0 aliphatic carbocycles. The summed E-state index contributed by atoms with van der Waals surface area (Å²) in [5, 5.41) is 9.59. The van der Waals surface area contributed by atoms with Gasteiger partial charge in [-0.2, -0.15) is 0 Å². The van der Waals surface area contributed by atoms with Gasteiger partial charge in [-0.3, -0.25) is 4.90 Å². The van der Waals surface area contributed by atoms with Crippen LogP contribution in [-0.2, 0) is 6.54 Å². The fourth-order valence-electron chi connectivity index (χ4n) is 3.25. The molecular formula is C18H24N2O3. The van der Waals surface area contributed by atoms with E-state index in [4.69, 9.17) is 9.15 Å². The summed E-state index contributed by atoms with van der Waals surface area (Å²) in [7, 11) is 1.65. The zero-order chi connectivity index (χ0) is 16.2. The summed E-state index contributed by atoms with van der Waals surface area (Å²) < 4.78 is 11.1. The van der Waals surface area contributed by atoms with Crippen LogP contribution in [0.25, 0.3) is 11.3 Å². The number of ether oxygens (including phenoxy) is 1. The highest BCUT2D eigenvalue weighted by Gasteiger charge is 2.28. The van der Waals surface area contributed by atoms with E-state index in [-0.39, 0.29) is 12.6 Å². The van der Waals surface area contributed by atoms with Gasteiger partial charge >= 0.3 is 0 Å². The fraction of sp³-hybridized carbons (Fsp3) is 0.500. The molecule has 0 spiro atoms. The standard InChI is InChI=1S/C18H24N2O3/c1-13-4-3-5-15(12-21)20(13)11-18-19-10-17(23-18)14-6-8-16(22-2)9-7-14/h6-10,13,15,21H,3-5,11-12H2,1-2H3. The third kappa shape index (κ3) is 3.57. The van der Waals surface area contributed by atoms with Crippen molar-refractivity contribution >= 4 is 0 Å². The van der Waals surface area contributed by atoms with E-state index in [1.165, 1.54) is 6.42 Å². The van der Waals surface area contributed by atoms with Gasteiger partial charge in [-0.1, -0.05) is 6.42 Å². The van der Waals surface area contributed by atoms with Crippen LogP contribution in [0.1, 0.15) is 32.1 Å². The SMILES string of the molecule is COc1ccc(-c2cnc(CN3C(C)CCCC3CO)o2)cc1. The molecule has 1 aromatic carbocycles. The van der Waals surface area contributed by atoms with E-state index in [0.29, 0.717) is 18.5 Å². The molecule has 2 atom stereocenters. The average Bonchev–Trinajstić information content (AvgIpc) is 3.05. The molecule has 0 bridgehead atoms. The quantitative estimate of drug-likeness (QED) is 0.918. The molecule has 1 N–H and O–H groups in total. The monoisotopic (exact) mass is 316 g/mol. The third-order valence-corrected chi connectivity index (χ3v) is 4.65. The van der Waals surface area contributed by atoms with Gasteiger partial charge in [-0.15, -0.1) is 0 Å². The lowest BCUT2D eigenvalue weighted by molar-refractivity contribution is 0.0387. The smallest absolute Gasteiger partial charge is 0.209 e. The summed E-state index contributed by atoms with van der Waals surface area (Å²) in [6.07, 6.45) is 5.13. The summed E-state index contributed by atoms with van der Waals surface area (Å²) in [5.41, 5.74) is 0.981. The van der Waals surface area contributed by atoms with E-state index in [2.05, 4.69) is 16.8 Å². The highest BCUT2D eigenvalue weighted by Crippen LogP contribution is 2.27. The Balaban J connectivity index is 1.73. The number of hydrogen-bond donors (Lipinski definition) is 1. The maximum Gasteiger partial charge on any atom is 0.209 e. The molecule has 0 saturated carbocycles. The van der Waals surface area contributed by atoms with Crippen LogP contribution in [0.2, 0.25) is 0 Å². The molecule has 2 unspecified atom stereocenters. The first-order valence-electron chi connectivity index (χ1n) is 8.17. The van der Waals surface area contributed by atoms with Gasteiger partial charge in [0, 0.05) is 17.6 Å². The Morgan fingerprint density at radius 3 is 2.78 bits per heavy atom. The van der Waals surface area contributed by atoms with Crippen molar-refractivity contribution < 1.29 is 14.3 Å². The molecule has 2 aromatic rings. The molecule has 124 valence electrons. The molecule has 1 aromatic heterocycles. The van der Waals surface area contributed by atoms with Gasteiger partial charge in [0.25, 0.3) is 0 Å². The van der Waals surface area contributed by atoms with Crippen molar-refractivity contribution in [2.24, 2.45) is 0 Å². The van der Waals surface area contributed by atoms with Crippen LogP contribution in [0.5, 0.6) is 5.75 Å². The van der Waals surface area contributed by atoms with Crippen LogP contribution in [0.15, 0.2) is 34.9 Å². The highest BCUT2D eigenvalue weighted by atomic mass is 16.5. The number of oxazole rings is 1. The minimum atomic E-state index is 0.191. The summed E-state index contributed by atoms with van der Waals surface area (Å²) >= 11 is 0. The Bertz CT molecular complexity index is 623. The van der Waals surface area contributed by atoms with E-state index in [1.54, 1.807) is 13.3 Å². The first-order valence-corrected chi connectivity index (χ1v) is 8.17. The maximum atomic E-state index is 9.59. The van der Waals surface area contributed by atoms with Crippen molar-refractivity contribution in [2.45, 2.75) is 44.8 Å². The first kappa shape index (κ1) is 16.0. The van der Waals surface area contributed by atoms with E-state index in [1.807, 2.05) is 24.3 Å². The van der Waals surface area contributed by atoms with Gasteiger partial charge < -0.3 is 14.3 Å². The van der Waals surface area contributed by atoms with Crippen LogP contribution in [0, 0.1) is 0 Å².